The molecular formula is C58H110N8O9. The fourth-order valence-electron chi connectivity index (χ4n) is 7.24. The minimum absolute atomic E-state index is 0.220. The number of benzene rings is 1. The summed E-state index contributed by atoms with van der Waals surface area (Å²) in [5, 5.41) is 12.9. The lowest BCUT2D eigenvalue weighted by atomic mass is 9.98. The van der Waals surface area contributed by atoms with Crippen LogP contribution in [0.2, 0.25) is 0 Å². The third-order valence-corrected chi connectivity index (χ3v) is 11.1. The Morgan fingerprint density at radius 3 is 1.05 bits per heavy atom. The van der Waals surface area contributed by atoms with Gasteiger partial charge in [-0.25, -0.2) is 11.4 Å². The molecule has 1 aromatic rings. The van der Waals surface area contributed by atoms with E-state index in [9.17, 15) is 0 Å². The average Bonchev–Trinajstić information content (AvgIpc) is 3.31. The summed E-state index contributed by atoms with van der Waals surface area (Å²) in [6.45, 7) is 43.0. The standard InChI is InChI=1S/C58H110N8O9/c1-18-67-39-58(40-74-31-48(14)15,41-75-32-49(16)17)66(62)24-54(60)51-19-50(53(59)22-63-56(33-68-25-42(2)3,34-69-26-43(4)5)35-70-27-44(6)7)20-52(21-51)55(65-61)23-64-57(36-71-28-45(8)9,37-72-29-46(10)11)38-73-30-47(12)13/h19-24,42-49,61,63-64H,18,25-41,59-60,62H2,1-17H3/b53-22-,54-24-,55-23-,65-61?. The van der Waals surface area contributed by atoms with Crippen LogP contribution in [-0.2, 0) is 42.6 Å². The molecule has 1 rings (SSSR count). The second kappa shape index (κ2) is 37.5. The van der Waals surface area contributed by atoms with Crippen molar-refractivity contribution in [3.05, 3.63) is 53.5 Å². The Bertz CT molecular complexity index is 1680. The zero-order valence-electron chi connectivity index (χ0n) is 50.1. The van der Waals surface area contributed by atoms with E-state index in [2.05, 4.69) is 127 Å². The minimum atomic E-state index is -0.939. The quantitative estimate of drug-likeness (QED) is 0.0203. The van der Waals surface area contributed by atoms with Crippen LogP contribution in [0.15, 0.2) is 41.9 Å². The van der Waals surface area contributed by atoms with E-state index in [1.165, 1.54) is 0 Å². The molecule has 9 N–H and O–H groups in total. The molecule has 0 bridgehead atoms. The third kappa shape index (κ3) is 29.8. The number of hydrogen-bond donors (Lipinski definition) is 6. The van der Waals surface area contributed by atoms with Gasteiger partial charge in [-0.3, -0.25) is 0 Å². The van der Waals surface area contributed by atoms with Crippen molar-refractivity contribution >= 4 is 17.1 Å². The molecule has 0 spiro atoms. The maximum absolute atomic E-state index is 8.65. The van der Waals surface area contributed by atoms with Gasteiger partial charge in [-0.1, -0.05) is 111 Å². The van der Waals surface area contributed by atoms with Gasteiger partial charge in [0.2, 0.25) is 0 Å². The molecule has 0 fully saturated rings. The minimum Gasteiger partial charge on any atom is -0.397 e. The first kappa shape index (κ1) is 69.7. The number of hydrazine groups is 1. The van der Waals surface area contributed by atoms with E-state index in [4.69, 9.17) is 65.5 Å². The van der Waals surface area contributed by atoms with Crippen molar-refractivity contribution in [1.82, 2.24) is 15.6 Å². The van der Waals surface area contributed by atoms with E-state index in [-0.39, 0.29) is 39.6 Å². The molecular weight excluding hydrogens is 953 g/mol. The van der Waals surface area contributed by atoms with Crippen LogP contribution in [0.3, 0.4) is 0 Å². The predicted octanol–water partition coefficient (Wildman–Crippen LogP) is 9.52. The summed E-state index contributed by atoms with van der Waals surface area (Å²) >= 11 is 0. The second-order valence-corrected chi connectivity index (χ2v) is 24.0. The maximum Gasteiger partial charge on any atom is 0.125 e. The molecule has 0 heterocycles. The van der Waals surface area contributed by atoms with E-state index >= 15 is 0 Å². The normalized spacial score (nSPS) is 13.6. The van der Waals surface area contributed by atoms with Crippen LogP contribution in [0, 0.1) is 52.9 Å². The molecule has 0 saturated heterocycles. The Hall–Kier alpha value is -3.36. The van der Waals surface area contributed by atoms with E-state index in [1.807, 2.05) is 25.1 Å². The van der Waals surface area contributed by atoms with Gasteiger partial charge in [-0.05, 0) is 72.5 Å². The smallest absolute Gasteiger partial charge is 0.125 e. The van der Waals surface area contributed by atoms with Crippen LogP contribution in [0.4, 0.5) is 0 Å². The van der Waals surface area contributed by atoms with Gasteiger partial charge in [-0.2, -0.15) is 5.11 Å². The largest absolute Gasteiger partial charge is 0.397 e. The molecule has 0 aliphatic rings. The van der Waals surface area contributed by atoms with Crippen LogP contribution in [-0.4, -0.2) is 141 Å². The van der Waals surface area contributed by atoms with E-state index in [0.29, 0.717) is 160 Å². The Labute approximate surface area is 455 Å². The lowest BCUT2D eigenvalue weighted by Crippen LogP contribution is -2.60. The molecule has 0 amide bonds. The summed E-state index contributed by atoms with van der Waals surface area (Å²) < 4.78 is 56.5. The first-order valence-electron chi connectivity index (χ1n) is 27.8. The summed E-state index contributed by atoms with van der Waals surface area (Å²) in [5.41, 5.74) is 23.1. The van der Waals surface area contributed by atoms with Gasteiger partial charge < -0.3 is 69.7 Å². The highest BCUT2D eigenvalue weighted by molar-refractivity contribution is 5.76. The van der Waals surface area contributed by atoms with Crippen molar-refractivity contribution in [2.45, 2.75) is 134 Å². The zero-order valence-corrected chi connectivity index (χ0v) is 50.1. The van der Waals surface area contributed by atoms with E-state index in [0.717, 1.165) is 0 Å². The van der Waals surface area contributed by atoms with Crippen LogP contribution in [0.1, 0.15) is 134 Å². The average molecular weight is 1060 g/mol. The number of hydrogen-bond acceptors (Lipinski definition) is 17. The highest BCUT2D eigenvalue weighted by Gasteiger charge is 2.37. The first-order valence-corrected chi connectivity index (χ1v) is 27.8. The van der Waals surface area contributed by atoms with Gasteiger partial charge in [0.05, 0.1) is 70.9 Å². The number of nitrogens with two attached hydrogens (primary N) is 3. The summed E-state index contributed by atoms with van der Waals surface area (Å²) in [6.07, 6.45) is 5.18. The molecule has 17 heteroatoms. The molecule has 0 aliphatic heterocycles. The number of ether oxygens (including phenoxy) is 9. The molecule has 0 aromatic heterocycles. The zero-order chi connectivity index (χ0) is 56.6. The lowest BCUT2D eigenvalue weighted by molar-refractivity contribution is -0.0889. The van der Waals surface area contributed by atoms with Crippen molar-refractivity contribution < 1.29 is 42.6 Å². The lowest BCUT2D eigenvalue weighted by Gasteiger charge is -2.40. The molecule has 0 unspecified atom stereocenters. The Kier molecular flexibility index (Phi) is 34.8. The maximum atomic E-state index is 8.65. The Balaban J connectivity index is 4.33. The van der Waals surface area contributed by atoms with Crippen molar-refractivity contribution in [2.75, 3.05) is 119 Å². The summed E-state index contributed by atoms with van der Waals surface area (Å²) in [4.78, 5) is 0. The molecule has 0 atom stereocenters. The van der Waals surface area contributed by atoms with Crippen LogP contribution < -0.4 is 27.9 Å². The topological polar surface area (TPSA) is 225 Å². The predicted molar refractivity (Wildman–Crippen MR) is 306 cm³/mol. The molecule has 0 aliphatic carbocycles. The fraction of sp³-hybridized carbons (Fsp3) is 0.793. The van der Waals surface area contributed by atoms with Gasteiger partial charge in [0.15, 0.2) is 0 Å². The molecule has 17 nitrogen and oxygen atoms in total. The molecule has 436 valence electrons. The number of nitrogens with one attached hydrogen (secondary N) is 3. The molecule has 0 radical (unpaired) electrons. The van der Waals surface area contributed by atoms with Crippen LogP contribution >= 0.6 is 0 Å². The third-order valence-electron chi connectivity index (χ3n) is 11.1. The van der Waals surface area contributed by atoms with Gasteiger partial charge in [-0.15, -0.1) is 0 Å². The molecule has 75 heavy (non-hydrogen) atoms. The van der Waals surface area contributed by atoms with Crippen molar-refractivity contribution in [3.63, 3.8) is 0 Å². The van der Waals surface area contributed by atoms with Crippen molar-refractivity contribution in [1.29, 1.82) is 5.53 Å². The molecule has 1 aromatic carbocycles. The first-order chi connectivity index (χ1) is 35.3. The highest BCUT2D eigenvalue weighted by atomic mass is 16.5. The van der Waals surface area contributed by atoms with E-state index in [1.54, 1.807) is 23.6 Å². The van der Waals surface area contributed by atoms with E-state index < -0.39 is 16.6 Å². The van der Waals surface area contributed by atoms with Gasteiger partial charge >= 0.3 is 0 Å². The van der Waals surface area contributed by atoms with Gasteiger partial charge in [0.25, 0.3) is 0 Å². The Morgan fingerprint density at radius 1 is 0.467 bits per heavy atom. The van der Waals surface area contributed by atoms with Crippen LogP contribution in [0.5, 0.6) is 0 Å². The fourth-order valence-corrected chi connectivity index (χ4v) is 7.24. The second-order valence-electron chi connectivity index (χ2n) is 24.0. The summed E-state index contributed by atoms with van der Waals surface area (Å²) in [7, 11) is 0. The SMILES string of the molecule is CCOCC(COCC(C)C)(COCC(C)C)N(N)/C=C(\N)c1cc(/C(N)=C/NC(COCC(C)C)(COCC(C)C)COCC(C)C)cc(/C(=C/NC(COCC(C)C)(COCC(C)C)COCC(C)C)N=N)c1. The summed E-state index contributed by atoms with van der Waals surface area (Å²) in [6, 6.07) is 5.65. The van der Waals surface area contributed by atoms with Gasteiger partial charge in [0.1, 0.15) is 22.3 Å². The van der Waals surface area contributed by atoms with Crippen LogP contribution in [0.25, 0.3) is 17.1 Å². The Morgan fingerprint density at radius 2 is 0.747 bits per heavy atom. The monoisotopic (exact) mass is 1060 g/mol. The number of nitrogens with zero attached hydrogens (tertiary/aromatic N) is 2. The molecule has 0 saturated carbocycles. The highest BCUT2D eigenvalue weighted by Crippen LogP contribution is 2.27. The van der Waals surface area contributed by atoms with Crippen molar-refractivity contribution in [3.8, 4) is 0 Å². The van der Waals surface area contributed by atoms with Crippen molar-refractivity contribution in [2.24, 2.45) is 69.8 Å². The summed E-state index contributed by atoms with van der Waals surface area (Å²) in [5.74, 6) is 9.56. The number of rotatable bonds is 45. The van der Waals surface area contributed by atoms with Gasteiger partial charge in [0, 0.05) is 94.8 Å².